The van der Waals surface area contributed by atoms with Crippen molar-refractivity contribution >= 4 is 11.9 Å². The molecule has 46 heavy (non-hydrogen) atoms. The topological polar surface area (TPSA) is 63.6 Å². The highest BCUT2D eigenvalue weighted by Gasteiger charge is 2.14. The molecule has 0 bridgehead atoms. The molecule has 270 valence electrons. The minimum Gasteiger partial charge on any atom is -0.481 e. The average Bonchev–Trinajstić information content (AvgIpc) is 3.04. The van der Waals surface area contributed by atoms with Crippen molar-refractivity contribution in [3.63, 3.8) is 0 Å². The molecule has 4 heteroatoms. The smallest absolute Gasteiger partial charge is 0.306 e. The normalized spacial score (nSPS) is 12.4. The number of hydrogen-bond donors (Lipinski definition) is 1. The summed E-state index contributed by atoms with van der Waals surface area (Å²) in [4.78, 5) is 23.4. The lowest BCUT2D eigenvalue weighted by atomic mass is 10.0. The van der Waals surface area contributed by atoms with Gasteiger partial charge in [-0.15, -0.1) is 0 Å². The first kappa shape index (κ1) is 44.4. The third-order valence-corrected chi connectivity index (χ3v) is 9.16. The molecular formula is C42H78O4. The minimum absolute atomic E-state index is 0.00789. The molecule has 0 rings (SSSR count). The minimum atomic E-state index is -0.700. The number of allylic oxidation sites excluding steroid dienone is 4. The van der Waals surface area contributed by atoms with Gasteiger partial charge in [0.15, 0.2) is 0 Å². The monoisotopic (exact) mass is 647 g/mol. The van der Waals surface area contributed by atoms with Crippen LogP contribution in [0.15, 0.2) is 24.3 Å². The number of carboxylic acids is 1. The Morgan fingerprint density at radius 2 is 0.891 bits per heavy atom. The highest BCUT2D eigenvalue weighted by atomic mass is 16.5. The third-order valence-electron chi connectivity index (χ3n) is 9.16. The second kappa shape index (κ2) is 37.9. The van der Waals surface area contributed by atoms with Crippen molar-refractivity contribution in [3.8, 4) is 0 Å². The van der Waals surface area contributed by atoms with Crippen LogP contribution in [0.1, 0.15) is 226 Å². The molecule has 0 aliphatic carbocycles. The average molecular weight is 647 g/mol. The zero-order chi connectivity index (χ0) is 33.6. The van der Waals surface area contributed by atoms with E-state index in [0.717, 1.165) is 77.0 Å². The number of aliphatic carboxylic acids is 1. The van der Waals surface area contributed by atoms with E-state index in [9.17, 15) is 9.59 Å². The third kappa shape index (κ3) is 36.9. The van der Waals surface area contributed by atoms with Crippen LogP contribution in [0.25, 0.3) is 0 Å². The van der Waals surface area contributed by atoms with Crippen molar-refractivity contribution in [2.24, 2.45) is 0 Å². The van der Waals surface area contributed by atoms with E-state index in [4.69, 9.17) is 9.84 Å². The Bertz CT molecular complexity index is 698. The molecule has 1 unspecified atom stereocenters. The Labute approximate surface area is 287 Å². The highest BCUT2D eigenvalue weighted by molar-refractivity contribution is 5.69. The molecule has 0 heterocycles. The van der Waals surface area contributed by atoms with Crippen LogP contribution in [0.4, 0.5) is 0 Å². The van der Waals surface area contributed by atoms with Gasteiger partial charge in [-0.3, -0.25) is 9.59 Å². The molecule has 0 aliphatic rings. The molecule has 0 aromatic rings. The van der Waals surface area contributed by atoms with Gasteiger partial charge in [-0.1, -0.05) is 173 Å². The quantitative estimate of drug-likeness (QED) is 0.0414. The van der Waals surface area contributed by atoms with E-state index >= 15 is 0 Å². The van der Waals surface area contributed by atoms with E-state index in [1.165, 1.54) is 122 Å². The van der Waals surface area contributed by atoms with Gasteiger partial charge in [0.25, 0.3) is 0 Å². The number of hydrogen-bond acceptors (Lipinski definition) is 3. The maximum Gasteiger partial charge on any atom is 0.306 e. The van der Waals surface area contributed by atoms with Crippen molar-refractivity contribution < 1.29 is 19.4 Å². The fourth-order valence-electron chi connectivity index (χ4n) is 6.16. The fraction of sp³-hybridized carbons (Fsp3) is 0.857. The van der Waals surface area contributed by atoms with Crippen molar-refractivity contribution in [2.45, 2.75) is 232 Å². The van der Waals surface area contributed by atoms with Crippen molar-refractivity contribution in [1.82, 2.24) is 0 Å². The van der Waals surface area contributed by atoms with Crippen molar-refractivity contribution in [3.05, 3.63) is 24.3 Å². The fourth-order valence-corrected chi connectivity index (χ4v) is 6.16. The Morgan fingerprint density at radius 1 is 0.478 bits per heavy atom. The number of unbranched alkanes of at least 4 members (excludes halogenated alkanes) is 24. The van der Waals surface area contributed by atoms with Gasteiger partial charge < -0.3 is 9.84 Å². The van der Waals surface area contributed by atoms with Crippen molar-refractivity contribution in [2.75, 3.05) is 0 Å². The maximum absolute atomic E-state index is 12.7. The van der Waals surface area contributed by atoms with E-state index in [2.05, 4.69) is 38.2 Å². The maximum atomic E-state index is 12.7. The molecule has 0 saturated carbocycles. The standard InChI is InChI=1S/C42H78O4/c1-3-5-7-9-11-13-15-17-18-20-21-23-25-28-32-36-40(37-33-29-27-30-34-38-41(43)44)46-42(45)39-35-31-26-24-22-19-16-14-12-10-8-6-4-2/h8,10,14,16,40H,3-7,9,11-13,15,17-39H2,1-2H3,(H,43,44)/b10-8-,16-14-. The Balaban J connectivity index is 4.04. The van der Waals surface area contributed by atoms with Crippen molar-refractivity contribution in [1.29, 1.82) is 0 Å². The lowest BCUT2D eigenvalue weighted by molar-refractivity contribution is -0.150. The number of carbonyl (C=O) groups excluding carboxylic acids is 1. The molecule has 0 aromatic carbocycles. The Hall–Kier alpha value is -1.58. The van der Waals surface area contributed by atoms with Gasteiger partial charge in [-0.2, -0.15) is 0 Å². The number of rotatable bonds is 37. The summed E-state index contributed by atoms with van der Waals surface area (Å²) in [5.74, 6) is -0.708. The van der Waals surface area contributed by atoms with Crippen LogP contribution in [-0.4, -0.2) is 23.1 Å². The molecule has 0 aliphatic heterocycles. The zero-order valence-corrected chi connectivity index (χ0v) is 30.9. The first-order chi connectivity index (χ1) is 22.6. The van der Waals surface area contributed by atoms with Gasteiger partial charge in [0.2, 0.25) is 0 Å². The lowest BCUT2D eigenvalue weighted by Gasteiger charge is -2.18. The lowest BCUT2D eigenvalue weighted by Crippen LogP contribution is -2.18. The first-order valence-corrected chi connectivity index (χ1v) is 20.3. The molecule has 4 nitrogen and oxygen atoms in total. The van der Waals surface area contributed by atoms with Gasteiger partial charge >= 0.3 is 11.9 Å². The largest absolute Gasteiger partial charge is 0.481 e. The number of esters is 1. The second-order valence-electron chi connectivity index (χ2n) is 13.8. The highest BCUT2D eigenvalue weighted by Crippen LogP contribution is 2.19. The SMILES string of the molecule is CCC/C=C\C/C=C\CCCCCCCC(=O)OC(CCCCCCCCCCCCCCCCC)CCCCCCCC(=O)O. The predicted molar refractivity (Wildman–Crippen MR) is 200 cm³/mol. The van der Waals surface area contributed by atoms with Gasteiger partial charge in [-0.25, -0.2) is 0 Å². The summed E-state index contributed by atoms with van der Waals surface area (Å²) in [7, 11) is 0. The molecular weight excluding hydrogens is 568 g/mol. The van der Waals surface area contributed by atoms with E-state index < -0.39 is 5.97 Å². The van der Waals surface area contributed by atoms with E-state index in [1.54, 1.807) is 0 Å². The molecule has 0 amide bonds. The predicted octanol–water partition coefficient (Wildman–Crippen LogP) is 14.0. The van der Waals surface area contributed by atoms with Gasteiger partial charge in [0.1, 0.15) is 6.10 Å². The number of ether oxygens (including phenoxy) is 1. The molecule has 0 saturated heterocycles. The van der Waals surface area contributed by atoms with Crippen LogP contribution in [0, 0.1) is 0 Å². The van der Waals surface area contributed by atoms with Gasteiger partial charge in [0.05, 0.1) is 0 Å². The summed E-state index contributed by atoms with van der Waals surface area (Å²) in [6.07, 6.45) is 47.7. The van der Waals surface area contributed by atoms with Crippen LogP contribution in [0.5, 0.6) is 0 Å². The molecule has 0 fully saturated rings. The Morgan fingerprint density at radius 3 is 1.37 bits per heavy atom. The van der Waals surface area contributed by atoms with Crippen LogP contribution in [0.2, 0.25) is 0 Å². The second-order valence-corrected chi connectivity index (χ2v) is 13.8. The summed E-state index contributed by atoms with van der Waals surface area (Å²) < 4.78 is 6.00. The summed E-state index contributed by atoms with van der Waals surface area (Å²) in [5, 5.41) is 8.82. The molecule has 0 spiro atoms. The molecule has 0 radical (unpaired) electrons. The van der Waals surface area contributed by atoms with Crippen LogP contribution < -0.4 is 0 Å². The number of carboxylic acid groups (broad SMARTS) is 1. The zero-order valence-electron chi connectivity index (χ0n) is 30.9. The summed E-state index contributed by atoms with van der Waals surface area (Å²) in [6, 6.07) is 0. The van der Waals surface area contributed by atoms with Gasteiger partial charge in [0, 0.05) is 12.8 Å². The number of carbonyl (C=O) groups is 2. The van der Waals surface area contributed by atoms with E-state index in [0.29, 0.717) is 6.42 Å². The summed E-state index contributed by atoms with van der Waals surface area (Å²) >= 11 is 0. The van der Waals surface area contributed by atoms with E-state index in [1.807, 2.05) is 0 Å². The summed E-state index contributed by atoms with van der Waals surface area (Å²) in [6.45, 7) is 4.49. The van der Waals surface area contributed by atoms with Crippen LogP contribution >= 0.6 is 0 Å². The molecule has 1 N–H and O–H groups in total. The molecule has 0 aromatic heterocycles. The van der Waals surface area contributed by atoms with Crippen LogP contribution in [-0.2, 0) is 14.3 Å². The van der Waals surface area contributed by atoms with E-state index in [-0.39, 0.29) is 18.5 Å². The first-order valence-electron chi connectivity index (χ1n) is 20.3. The summed E-state index contributed by atoms with van der Waals surface area (Å²) in [5.41, 5.74) is 0. The van der Waals surface area contributed by atoms with Crippen LogP contribution in [0.3, 0.4) is 0 Å². The van der Waals surface area contributed by atoms with Gasteiger partial charge in [-0.05, 0) is 64.2 Å². The Kier molecular flexibility index (Phi) is 36.6. The molecule has 1 atom stereocenters.